The van der Waals surface area contributed by atoms with E-state index in [2.05, 4.69) is 15.3 Å². The van der Waals surface area contributed by atoms with Gasteiger partial charge in [0, 0.05) is 37.0 Å². The molecule has 3 heterocycles. The Balaban J connectivity index is 1.60. The molecular formula is C17H27BN4O5. The molecule has 2 saturated heterocycles. The number of aliphatic hydroxyl groups is 2. The second-order valence-corrected chi connectivity index (χ2v) is 8.04. The van der Waals surface area contributed by atoms with Crippen molar-refractivity contribution in [3.05, 3.63) is 12.4 Å². The minimum Gasteiger partial charge on any atom is -0.399 e. The molecule has 0 aromatic carbocycles. The maximum Gasteiger partial charge on any atom is 0.498 e. The topological polar surface area (TPSA) is 117 Å². The molecule has 27 heavy (non-hydrogen) atoms. The first-order chi connectivity index (χ1) is 12.6. The quantitative estimate of drug-likeness (QED) is 0.549. The van der Waals surface area contributed by atoms with Crippen molar-refractivity contribution in [2.24, 2.45) is 0 Å². The summed E-state index contributed by atoms with van der Waals surface area (Å²) < 4.78 is 12.0. The predicted octanol–water partition coefficient (Wildman–Crippen LogP) is -1.18. The van der Waals surface area contributed by atoms with Crippen molar-refractivity contribution in [3.63, 3.8) is 0 Å². The van der Waals surface area contributed by atoms with Crippen molar-refractivity contribution in [1.82, 2.24) is 15.3 Å². The van der Waals surface area contributed by atoms with Gasteiger partial charge in [-0.15, -0.1) is 0 Å². The van der Waals surface area contributed by atoms with Gasteiger partial charge in [-0.05, 0) is 34.1 Å². The number of aliphatic hydroxyl groups excluding tert-OH is 2. The van der Waals surface area contributed by atoms with E-state index in [1.807, 2.05) is 32.6 Å². The van der Waals surface area contributed by atoms with Crippen LogP contribution in [0.1, 0.15) is 34.1 Å². The van der Waals surface area contributed by atoms with Crippen LogP contribution in [0.2, 0.25) is 0 Å². The standard InChI is InChI=1S/C17H27BN4O5/c1-16(2)17(3,4)27-18(26-16)11-7-19-15(20-8-11)22-6-5-12(9-22)21-14(25)13(24)10-23/h7-8,12-13,23-24H,5-6,9-10H2,1-4H3,(H,21,25)/t12-,13-/m1/s1. The van der Waals surface area contributed by atoms with Crippen molar-refractivity contribution < 1.29 is 24.3 Å². The molecule has 0 radical (unpaired) electrons. The highest BCUT2D eigenvalue weighted by atomic mass is 16.7. The lowest BCUT2D eigenvalue weighted by Crippen LogP contribution is -2.44. The van der Waals surface area contributed by atoms with Crippen LogP contribution < -0.4 is 15.7 Å². The van der Waals surface area contributed by atoms with Crippen LogP contribution in [0.3, 0.4) is 0 Å². The number of nitrogens with one attached hydrogen (secondary N) is 1. The van der Waals surface area contributed by atoms with E-state index in [1.54, 1.807) is 12.4 Å². The average molecular weight is 378 g/mol. The molecule has 2 fully saturated rings. The zero-order chi connectivity index (χ0) is 19.8. The SMILES string of the molecule is CC1(C)OB(c2cnc(N3CC[C@@H](NC(=O)[C@H](O)CO)C3)nc2)OC1(C)C. The first-order valence-corrected chi connectivity index (χ1v) is 9.15. The predicted molar refractivity (Wildman–Crippen MR) is 99.6 cm³/mol. The van der Waals surface area contributed by atoms with E-state index < -0.39 is 36.9 Å². The summed E-state index contributed by atoms with van der Waals surface area (Å²) in [5.74, 6) is -0.00361. The van der Waals surface area contributed by atoms with Crippen molar-refractivity contribution in [2.75, 3.05) is 24.6 Å². The first-order valence-electron chi connectivity index (χ1n) is 9.15. The number of aromatic nitrogens is 2. The molecule has 0 spiro atoms. The van der Waals surface area contributed by atoms with Gasteiger partial charge in [-0.2, -0.15) is 0 Å². The zero-order valence-electron chi connectivity index (χ0n) is 16.2. The van der Waals surface area contributed by atoms with Gasteiger partial charge in [0.05, 0.1) is 17.8 Å². The van der Waals surface area contributed by atoms with Gasteiger partial charge in [0.25, 0.3) is 5.91 Å². The van der Waals surface area contributed by atoms with E-state index in [9.17, 15) is 9.90 Å². The summed E-state index contributed by atoms with van der Waals surface area (Å²) in [6, 6.07) is -0.120. The monoisotopic (exact) mass is 378 g/mol. The molecule has 2 atom stereocenters. The molecule has 2 aliphatic heterocycles. The van der Waals surface area contributed by atoms with Crippen LogP contribution in [0.5, 0.6) is 0 Å². The summed E-state index contributed by atoms with van der Waals surface area (Å²) in [6.07, 6.45) is 2.72. The number of carbonyl (C=O) groups excluding carboxylic acids is 1. The summed E-state index contributed by atoms with van der Waals surface area (Å²) in [7, 11) is -0.505. The van der Waals surface area contributed by atoms with Crippen LogP contribution in [-0.4, -0.2) is 76.3 Å². The Morgan fingerprint density at radius 1 is 1.33 bits per heavy atom. The molecule has 1 amide bonds. The van der Waals surface area contributed by atoms with Gasteiger partial charge in [-0.3, -0.25) is 4.79 Å². The van der Waals surface area contributed by atoms with Gasteiger partial charge < -0.3 is 29.7 Å². The second kappa shape index (κ2) is 7.35. The molecule has 0 saturated carbocycles. The summed E-state index contributed by atoms with van der Waals surface area (Å²) in [6.45, 7) is 8.62. The van der Waals surface area contributed by atoms with Crippen LogP contribution in [0, 0.1) is 0 Å². The van der Waals surface area contributed by atoms with Crippen molar-refractivity contribution >= 4 is 24.4 Å². The molecular weight excluding hydrogens is 351 g/mol. The number of amides is 1. The highest BCUT2D eigenvalue weighted by Gasteiger charge is 2.52. The number of rotatable bonds is 5. The molecule has 10 heteroatoms. The van der Waals surface area contributed by atoms with Crippen molar-refractivity contribution in [3.8, 4) is 0 Å². The lowest BCUT2D eigenvalue weighted by atomic mass is 9.81. The van der Waals surface area contributed by atoms with Gasteiger partial charge in [0.1, 0.15) is 0 Å². The second-order valence-electron chi connectivity index (χ2n) is 8.04. The van der Waals surface area contributed by atoms with Crippen LogP contribution in [0.25, 0.3) is 0 Å². The Labute approximate surface area is 159 Å². The number of nitrogens with zero attached hydrogens (tertiary/aromatic N) is 3. The minimum absolute atomic E-state index is 0.120. The third-order valence-electron chi connectivity index (χ3n) is 5.48. The maximum atomic E-state index is 11.7. The zero-order valence-corrected chi connectivity index (χ0v) is 16.2. The Morgan fingerprint density at radius 3 is 2.48 bits per heavy atom. The maximum absolute atomic E-state index is 11.7. The summed E-state index contributed by atoms with van der Waals surface area (Å²) in [4.78, 5) is 22.5. The Hall–Kier alpha value is -1.75. The highest BCUT2D eigenvalue weighted by Crippen LogP contribution is 2.36. The first kappa shape index (κ1) is 20.0. The van der Waals surface area contributed by atoms with Gasteiger partial charge in [-0.1, -0.05) is 0 Å². The fourth-order valence-corrected chi connectivity index (χ4v) is 3.04. The van der Waals surface area contributed by atoms with Crippen molar-refractivity contribution in [1.29, 1.82) is 0 Å². The Kier molecular flexibility index (Phi) is 5.44. The molecule has 0 bridgehead atoms. The molecule has 0 aliphatic carbocycles. The molecule has 0 unspecified atom stereocenters. The molecule has 3 rings (SSSR count). The summed E-state index contributed by atoms with van der Waals surface area (Å²) in [5.41, 5.74) is -0.0846. The molecule has 2 aliphatic rings. The third-order valence-corrected chi connectivity index (χ3v) is 5.48. The van der Waals surface area contributed by atoms with E-state index in [1.165, 1.54) is 0 Å². The number of carbonyl (C=O) groups is 1. The van der Waals surface area contributed by atoms with Crippen LogP contribution in [0.4, 0.5) is 5.95 Å². The van der Waals surface area contributed by atoms with Gasteiger partial charge in [0.15, 0.2) is 6.10 Å². The fourth-order valence-electron chi connectivity index (χ4n) is 3.04. The smallest absolute Gasteiger partial charge is 0.399 e. The van der Waals surface area contributed by atoms with Crippen LogP contribution in [-0.2, 0) is 14.1 Å². The van der Waals surface area contributed by atoms with E-state index in [-0.39, 0.29) is 6.04 Å². The Bertz CT molecular complexity index is 668. The van der Waals surface area contributed by atoms with Gasteiger partial charge >= 0.3 is 7.12 Å². The van der Waals surface area contributed by atoms with Gasteiger partial charge in [-0.25, -0.2) is 9.97 Å². The van der Waals surface area contributed by atoms with Crippen LogP contribution in [0.15, 0.2) is 12.4 Å². The highest BCUT2D eigenvalue weighted by molar-refractivity contribution is 6.61. The van der Waals surface area contributed by atoms with Gasteiger partial charge in [0.2, 0.25) is 5.95 Å². The largest absolute Gasteiger partial charge is 0.498 e. The average Bonchev–Trinajstić information content (AvgIpc) is 3.16. The summed E-state index contributed by atoms with van der Waals surface area (Å²) >= 11 is 0. The van der Waals surface area contributed by atoms with Crippen molar-refractivity contribution in [2.45, 2.75) is 57.5 Å². The fraction of sp³-hybridized carbons (Fsp3) is 0.706. The third kappa shape index (κ3) is 4.08. The molecule has 1 aromatic rings. The molecule has 9 nitrogen and oxygen atoms in total. The van der Waals surface area contributed by atoms with Crippen LogP contribution >= 0.6 is 0 Å². The number of anilines is 1. The summed E-state index contributed by atoms with van der Waals surface area (Å²) in [5, 5.41) is 20.9. The lowest BCUT2D eigenvalue weighted by Gasteiger charge is -2.32. The van der Waals surface area contributed by atoms with E-state index in [4.69, 9.17) is 14.4 Å². The Morgan fingerprint density at radius 2 is 1.93 bits per heavy atom. The number of hydrogen-bond acceptors (Lipinski definition) is 8. The number of hydrogen-bond donors (Lipinski definition) is 3. The van der Waals surface area contributed by atoms with E-state index in [0.29, 0.717) is 25.5 Å². The minimum atomic E-state index is -1.39. The molecule has 3 N–H and O–H groups in total. The molecule has 148 valence electrons. The van der Waals surface area contributed by atoms with E-state index in [0.717, 1.165) is 5.46 Å². The lowest BCUT2D eigenvalue weighted by molar-refractivity contribution is -0.131. The van der Waals surface area contributed by atoms with E-state index >= 15 is 0 Å². The molecule has 1 aromatic heterocycles. The normalized spacial score (nSPS) is 24.9.